The van der Waals surface area contributed by atoms with Crippen molar-refractivity contribution in [3.05, 3.63) is 95.2 Å². The van der Waals surface area contributed by atoms with Crippen LogP contribution in [0, 0.1) is 0 Å². The molecule has 2 aliphatic rings. The van der Waals surface area contributed by atoms with Crippen molar-refractivity contribution in [3.63, 3.8) is 0 Å². The van der Waals surface area contributed by atoms with Gasteiger partial charge in [-0.15, -0.1) is 0 Å². The van der Waals surface area contributed by atoms with Crippen molar-refractivity contribution in [3.8, 4) is 0 Å². The largest absolute Gasteiger partial charge is 0.302 e. The van der Waals surface area contributed by atoms with Crippen LogP contribution in [0.25, 0.3) is 16.5 Å². The van der Waals surface area contributed by atoms with Gasteiger partial charge in [0.15, 0.2) is 0 Å². The van der Waals surface area contributed by atoms with Gasteiger partial charge in [-0.25, -0.2) is 12.4 Å². The van der Waals surface area contributed by atoms with Crippen molar-refractivity contribution in [1.29, 1.82) is 0 Å². The second-order valence-electron chi connectivity index (χ2n) is 8.93. The second kappa shape index (κ2) is 7.91. The molecule has 2 heterocycles. The molecule has 164 valence electrons. The smallest absolute Gasteiger partial charge is 0.268 e. The maximum absolute atomic E-state index is 13.7. The first-order valence-electron chi connectivity index (χ1n) is 11.0. The Morgan fingerprint density at radius 1 is 0.969 bits per heavy atom. The molecule has 0 unspecified atom stereocenters. The number of likely N-dealkylation sites (N-methyl/N-ethyl adjacent to an activating group) is 1. The van der Waals surface area contributed by atoms with E-state index in [-0.39, 0.29) is 5.92 Å². The van der Waals surface area contributed by atoms with E-state index in [1.54, 1.807) is 24.3 Å². The Labute approximate surface area is 190 Å². The van der Waals surface area contributed by atoms with Crippen LogP contribution >= 0.6 is 0 Å². The van der Waals surface area contributed by atoms with E-state index >= 15 is 0 Å². The Kier molecular flexibility index (Phi) is 5.19. The lowest BCUT2D eigenvalue weighted by atomic mass is 9.89. The molecule has 0 fully saturated rings. The second-order valence-corrected chi connectivity index (χ2v) is 10.7. The third-order valence-electron chi connectivity index (χ3n) is 6.71. The van der Waals surface area contributed by atoms with Crippen LogP contribution in [0.3, 0.4) is 0 Å². The van der Waals surface area contributed by atoms with E-state index < -0.39 is 10.0 Å². The number of nitrogens with zero attached hydrogens (tertiary/aromatic N) is 2. The van der Waals surface area contributed by atoms with Crippen LogP contribution in [0.5, 0.6) is 0 Å². The van der Waals surface area contributed by atoms with Crippen molar-refractivity contribution in [2.75, 3.05) is 20.1 Å². The van der Waals surface area contributed by atoms with E-state index in [0.29, 0.717) is 4.90 Å². The minimum atomic E-state index is -3.71. The first kappa shape index (κ1) is 21.0. The minimum absolute atomic E-state index is 0.202. The predicted octanol–water partition coefficient (Wildman–Crippen LogP) is 5.59. The van der Waals surface area contributed by atoms with Crippen molar-refractivity contribution in [2.24, 2.45) is 0 Å². The molecule has 0 radical (unpaired) electrons. The highest BCUT2D eigenvalue weighted by Crippen LogP contribution is 2.39. The zero-order valence-corrected chi connectivity index (χ0v) is 19.6. The van der Waals surface area contributed by atoms with E-state index in [0.717, 1.165) is 41.5 Å². The summed E-state index contributed by atoms with van der Waals surface area (Å²) in [5.74, 6) is 0.202. The first-order valence-corrected chi connectivity index (χ1v) is 12.5. The summed E-state index contributed by atoms with van der Waals surface area (Å²) in [5.41, 5.74) is 6.67. The molecule has 2 aromatic carbocycles. The normalized spacial score (nSPS) is 18.0. The number of hydrogen-bond acceptors (Lipinski definition) is 3. The summed E-state index contributed by atoms with van der Waals surface area (Å²) in [6.45, 7) is 6.12. The standard InChI is InChI=1S/C27H28N2O2S/c1-19-9-10-20(2)27(19)22-11-12-24-25(21-13-15-28(3)16-14-21)18-29(26(24)17-22)32(30,31)23-7-5-4-6-8-23/h4-13,17-18,27H,14-16H2,1-3H3. The number of allylic oxidation sites excluding steroid dienone is 4. The minimum Gasteiger partial charge on any atom is -0.302 e. The van der Waals surface area contributed by atoms with Gasteiger partial charge in [-0.3, -0.25) is 0 Å². The van der Waals surface area contributed by atoms with Crippen LogP contribution in [-0.4, -0.2) is 37.4 Å². The molecule has 0 saturated carbocycles. The Morgan fingerprint density at radius 3 is 2.34 bits per heavy atom. The van der Waals surface area contributed by atoms with E-state index in [1.165, 1.54) is 20.7 Å². The predicted molar refractivity (Wildman–Crippen MR) is 131 cm³/mol. The summed E-state index contributed by atoms with van der Waals surface area (Å²) < 4.78 is 28.8. The molecule has 0 atom stereocenters. The lowest BCUT2D eigenvalue weighted by molar-refractivity contribution is 0.370. The van der Waals surface area contributed by atoms with Crippen LogP contribution in [0.4, 0.5) is 0 Å². The average Bonchev–Trinajstić information content (AvgIpc) is 3.34. The van der Waals surface area contributed by atoms with Gasteiger partial charge in [0.2, 0.25) is 0 Å². The highest BCUT2D eigenvalue weighted by Gasteiger charge is 2.25. The fourth-order valence-electron chi connectivity index (χ4n) is 4.91. The van der Waals surface area contributed by atoms with Crippen LogP contribution in [0.2, 0.25) is 0 Å². The maximum atomic E-state index is 13.7. The van der Waals surface area contributed by atoms with E-state index in [2.05, 4.69) is 62.2 Å². The van der Waals surface area contributed by atoms with Crippen LogP contribution in [0.1, 0.15) is 37.3 Å². The van der Waals surface area contributed by atoms with Gasteiger partial charge in [-0.2, -0.15) is 0 Å². The Hall–Kier alpha value is -2.89. The summed E-state index contributed by atoms with van der Waals surface area (Å²) in [5, 5.41) is 0.991. The molecule has 1 aliphatic heterocycles. The third-order valence-corrected chi connectivity index (χ3v) is 8.39. The van der Waals surface area contributed by atoms with Crippen molar-refractivity contribution >= 4 is 26.5 Å². The topological polar surface area (TPSA) is 42.3 Å². The molecule has 0 saturated heterocycles. The summed E-state index contributed by atoms with van der Waals surface area (Å²) in [6.07, 6.45) is 9.27. The number of fused-ring (bicyclic) bond motifs is 1. The molecular formula is C27H28N2O2S. The molecule has 5 rings (SSSR count). The third kappa shape index (κ3) is 3.46. The van der Waals surface area contributed by atoms with E-state index in [9.17, 15) is 8.42 Å². The Balaban J connectivity index is 1.74. The summed E-state index contributed by atoms with van der Waals surface area (Å²) in [4.78, 5) is 2.57. The lowest BCUT2D eigenvalue weighted by Crippen LogP contribution is -2.23. The van der Waals surface area contributed by atoms with Crippen LogP contribution < -0.4 is 0 Å². The van der Waals surface area contributed by atoms with Gasteiger partial charge in [0, 0.05) is 36.2 Å². The van der Waals surface area contributed by atoms with Crippen molar-refractivity contribution < 1.29 is 8.42 Å². The molecule has 1 aromatic heterocycles. The Morgan fingerprint density at radius 2 is 1.69 bits per heavy atom. The van der Waals surface area contributed by atoms with Gasteiger partial charge in [-0.05, 0) is 56.7 Å². The number of rotatable bonds is 4. The van der Waals surface area contributed by atoms with Gasteiger partial charge in [0.05, 0.1) is 10.4 Å². The average molecular weight is 445 g/mol. The Bertz CT molecular complexity index is 1370. The molecule has 32 heavy (non-hydrogen) atoms. The maximum Gasteiger partial charge on any atom is 0.268 e. The SMILES string of the molecule is CC1=CC=C(C)C1c1ccc2c(C3=CCN(C)CC3)cn(S(=O)(=O)c3ccccc3)c2c1. The fraction of sp³-hybridized carbons (Fsp3) is 0.259. The van der Waals surface area contributed by atoms with Crippen molar-refractivity contribution in [2.45, 2.75) is 31.1 Å². The monoisotopic (exact) mass is 444 g/mol. The molecule has 0 spiro atoms. The number of benzene rings is 2. The van der Waals surface area contributed by atoms with Crippen LogP contribution in [-0.2, 0) is 10.0 Å². The molecule has 3 aromatic rings. The highest BCUT2D eigenvalue weighted by atomic mass is 32.2. The zero-order valence-electron chi connectivity index (χ0n) is 18.7. The van der Waals surface area contributed by atoms with Crippen molar-refractivity contribution in [1.82, 2.24) is 8.87 Å². The van der Waals surface area contributed by atoms with Crippen LogP contribution in [0.15, 0.2) is 89.0 Å². The van der Waals surface area contributed by atoms with E-state index in [4.69, 9.17) is 0 Å². The molecule has 0 amide bonds. The lowest BCUT2D eigenvalue weighted by Gasteiger charge is -2.21. The molecular weight excluding hydrogens is 416 g/mol. The number of hydrogen-bond donors (Lipinski definition) is 0. The first-order chi connectivity index (χ1) is 15.4. The van der Waals surface area contributed by atoms with Gasteiger partial charge in [0.25, 0.3) is 10.0 Å². The van der Waals surface area contributed by atoms with E-state index in [1.807, 2.05) is 12.3 Å². The molecule has 5 heteroatoms. The number of aromatic nitrogens is 1. The summed E-state index contributed by atoms with van der Waals surface area (Å²) >= 11 is 0. The van der Waals surface area contributed by atoms with Gasteiger partial charge >= 0.3 is 0 Å². The fourth-order valence-corrected chi connectivity index (χ4v) is 6.29. The molecule has 4 nitrogen and oxygen atoms in total. The molecule has 0 N–H and O–H groups in total. The highest BCUT2D eigenvalue weighted by molar-refractivity contribution is 7.90. The molecule has 1 aliphatic carbocycles. The quantitative estimate of drug-likeness (QED) is 0.527. The van der Waals surface area contributed by atoms with Gasteiger partial charge in [0.1, 0.15) is 0 Å². The summed E-state index contributed by atoms with van der Waals surface area (Å²) in [6, 6.07) is 15.0. The molecule has 0 bridgehead atoms. The van der Waals surface area contributed by atoms with Gasteiger partial charge < -0.3 is 4.90 Å². The van der Waals surface area contributed by atoms with Gasteiger partial charge in [-0.1, -0.05) is 59.7 Å². The zero-order chi connectivity index (χ0) is 22.5. The summed E-state index contributed by atoms with van der Waals surface area (Å²) in [7, 11) is -1.60.